The molecular weight excluding hydrogens is 470 g/mol. The zero-order valence-electron chi connectivity index (χ0n) is 17.8. The van der Waals surface area contributed by atoms with Gasteiger partial charge < -0.3 is 20.7 Å². The molecule has 0 heterocycles. The minimum Gasteiger partial charge on any atom is -0.497 e. The summed E-state index contributed by atoms with van der Waals surface area (Å²) in [5.74, 6) is 0.265. The number of methoxy groups -OCH3 is 1. The van der Waals surface area contributed by atoms with Crippen LogP contribution in [0, 0.1) is 0 Å². The van der Waals surface area contributed by atoms with E-state index in [9.17, 15) is 9.59 Å². The number of carbonyl (C=O) groups is 2. The third-order valence-electron chi connectivity index (χ3n) is 4.83. The number of nitrogens with one attached hydrogen (secondary N) is 3. The summed E-state index contributed by atoms with van der Waals surface area (Å²) in [7, 11) is 1.62. The lowest BCUT2D eigenvalue weighted by molar-refractivity contribution is -0.122. The Balaban J connectivity index is 1.58. The fourth-order valence-corrected chi connectivity index (χ4v) is 3.55. The first-order chi connectivity index (χ1) is 15.5. The molecule has 6 nitrogen and oxygen atoms in total. The number of hydrogen-bond acceptors (Lipinski definition) is 4. The van der Waals surface area contributed by atoms with Crippen molar-refractivity contribution in [1.29, 1.82) is 0 Å². The normalized spacial score (nSPS) is 11.3. The Hall–Kier alpha value is -3.32. The Labute approximate surface area is 196 Å². The van der Waals surface area contributed by atoms with Gasteiger partial charge in [-0.2, -0.15) is 0 Å². The number of amides is 2. The van der Waals surface area contributed by atoms with Crippen molar-refractivity contribution in [2.45, 2.75) is 12.5 Å². The van der Waals surface area contributed by atoms with Crippen LogP contribution in [0.3, 0.4) is 0 Å². The van der Waals surface area contributed by atoms with Crippen molar-refractivity contribution in [2.24, 2.45) is 0 Å². The summed E-state index contributed by atoms with van der Waals surface area (Å²) in [6.45, 7) is 0.971. The molecule has 3 N–H and O–H groups in total. The molecule has 0 radical (unpaired) electrons. The van der Waals surface area contributed by atoms with Crippen LogP contribution in [0.15, 0.2) is 83.3 Å². The molecule has 1 atom stereocenters. The third kappa shape index (κ3) is 7.13. The first-order valence-corrected chi connectivity index (χ1v) is 11.1. The van der Waals surface area contributed by atoms with Gasteiger partial charge in [0.15, 0.2) is 0 Å². The third-order valence-corrected chi connectivity index (χ3v) is 5.33. The van der Waals surface area contributed by atoms with Gasteiger partial charge in [-0.1, -0.05) is 52.3 Å². The van der Waals surface area contributed by atoms with Crippen molar-refractivity contribution in [2.75, 3.05) is 25.5 Å². The molecule has 7 heteroatoms. The molecule has 32 heavy (non-hydrogen) atoms. The van der Waals surface area contributed by atoms with E-state index >= 15 is 0 Å². The number of hydrogen-bond donors (Lipinski definition) is 3. The lowest BCUT2D eigenvalue weighted by atomic mass is 10.0. The van der Waals surface area contributed by atoms with Crippen LogP contribution in [0.2, 0.25) is 0 Å². The van der Waals surface area contributed by atoms with Crippen molar-refractivity contribution >= 4 is 33.4 Å². The van der Waals surface area contributed by atoms with Gasteiger partial charge in [-0.3, -0.25) is 9.59 Å². The van der Waals surface area contributed by atoms with Crippen molar-refractivity contribution in [3.8, 4) is 5.75 Å². The maximum Gasteiger partial charge on any atom is 0.251 e. The van der Waals surface area contributed by atoms with Gasteiger partial charge in [0.2, 0.25) is 5.91 Å². The summed E-state index contributed by atoms with van der Waals surface area (Å²) in [6.07, 6.45) is 0.401. The molecule has 3 rings (SSSR count). The summed E-state index contributed by atoms with van der Waals surface area (Å²) in [5, 5.41) is 9.04. The Morgan fingerprint density at radius 1 is 0.938 bits per heavy atom. The van der Waals surface area contributed by atoms with Gasteiger partial charge in [-0.05, 0) is 48.0 Å². The average molecular weight is 496 g/mol. The lowest BCUT2D eigenvalue weighted by Gasteiger charge is -2.19. The molecule has 0 aliphatic heterocycles. The van der Waals surface area contributed by atoms with Crippen LogP contribution in [-0.2, 0) is 11.2 Å². The van der Waals surface area contributed by atoms with Gasteiger partial charge in [0.1, 0.15) is 11.8 Å². The van der Waals surface area contributed by atoms with Gasteiger partial charge in [-0.25, -0.2) is 0 Å². The standard InChI is InChI=1S/C25H26BrN3O3/c1-32-22-12-10-21(11-13-22)27-14-15-28-25(31)23(16-18-6-3-2-4-7-18)29-24(30)19-8-5-9-20(26)17-19/h2-13,17,23,27H,14-16H2,1H3,(H,28,31)(H,29,30)/t23-/m0/s1. The second-order valence-electron chi connectivity index (χ2n) is 7.17. The number of benzene rings is 3. The van der Waals surface area contributed by atoms with Crippen molar-refractivity contribution < 1.29 is 14.3 Å². The molecule has 0 unspecified atom stereocenters. The molecule has 0 bridgehead atoms. The van der Waals surface area contributed by atoms with E-state index < -0.39 is 6.04 Å². The largest absolute Gasteiger partial charge is 0.497 e. The maximum absolute atomic E-state index is 12.9. The van der Waals surface area contributed by atoms with Crippen LogP contribution < -0.4 is 20.7 Å². The second kappa shape index (κ2) is 11.9. The molecule has 0 aliphatic carbocycles. The van der Waals surface area contributed by atoms with Crippen LogP contribution in [0.1, 0.15) is 15.9 Å². The first-order valence-electron chi connectivity index (χ1n) is 10.3. The Morgan fingerprint density at radius 2 is 1.69 bits per heavy atom. The zero-order valence-corrected chi connectivity index (χ0v) is 19.4. The fraction of sp³-hybridized carbons (Fsp3) is 0.200. The van der Waals surface area contributed by atoms with Crippen LogP contribution in [0.4, 0.5) is 5.69 Å². The Bertz CT molecular complexity index is 1030. The van der Waals surface area contributed by atoms with E-state index in [1.807, 2.05) is 60.7 Å². The summed E-state index contributed by atoms with van der Waals surface area (Å²) >= 11 is 3.38. The highest BCUT2D eigenvalue weighted by Gasteiger charge is 2.21. The molecule has 0 saturated heterocycles. The summed E-state index contributed by atoms with van der Waals surface area (Å²) in [5.41, 5.74) is 2.40. The Kier molecular flexibility index (Phi) is 8.69. The predicted octanol–water partition coefficient (Wildman–Crippen LogP) is 4.03. The van der Waals surface area contributed by atoms with E-state index in [0.717, 1.165) is 21.5 Å². The van der Waals surface area contributed by atoms with Crippen LogP contribution >= 0.6 is 15.9 Å². The minimum atomic E-state index is -0.690. The molecule has 3 aromatic carbocycles. The quantitative estimate of drug-likeness (QED) is 0.371. The van der Waals surface area contributed by atoms with Gasteiger partial charge in [-0.15, -0.1) is 0 Å². The smallest absolute Gasteiger partial charge is 0.251 e. The van der Waals surface area contributed by atoms with Crippen LogP contribution in [-0.4, -0.2) is 38.1 Å². The highest BCUT2D eigenvalue weighted by atomic mass is 79.9. The molecule has 0 saturated carbocycles. The monoisotopic (exact) mass is 495 g/mol. The molecule has 0 aromatic heterocycles. The van der Waals surface area contributed by atoms with Gasteiger partial charge in [0.25, 0.3) is 5.91 Å². The van der Waals surface area contributed by atoms with Crippen molar-refractivity contribution in [1.82, 2.24) is 10.6 Å². The fourth-order valence-electron chi connectivity index (χ4n) is 3.15. The van der Waals surface area contributed by atoms with Gasteiger partial charge in [0.05, 0.1) is 7.11 Å². The zero-order chi connectivity index (χ0) is 22.8. The second-order valence-corrected chi connectivity index (χ2v) is 8.09. The SMILES string of the molecule is COc1ccc(NCCNC(=O)[C@H](Cc2ccccc2)NC(=O)c2cccc(Br)c2)cc1. The molecule has 0 spiro atoms. The number of halogens is 1. The van der Waals surface area contributed by atoms with Crippen molar-refractivity contribution in [3.63, 3.8) is 0 Å². The van der Waals surface area contributed by atoms with Gasteiger partial charge >= 0.3 is 0 Å². The molecule has 2 amide bonds. The topological polar surface area (TPSA) is 79.5 Å². The highest BCUT2D eigenvalue weighted by Crippen LogP contribution is 2.15. The van der Waals surface area contributed by atoms with E-state index in [2.05, 4.69) is 31.9 Å². The Morgan fingerprint density at radius 3 is 2.38 bits per heavy atom. The molecular formula is C25H26BrN3O3. The van der Waals surface area contributed by atoms with E-state index in [-0.39, 0.29) is 11.8 Å². The maximum atomic E-state index is 12.9. The van der Waals surface area contributed by atoms with E-state index in [0.29, 0.717) is 25.1 Å². The number of rotatable bonds is 10. The van der Waals surface area contributed by atoms with E-state index in [1.165, 1.54) is 0 Å². The highest BCUT2D eigenvalue weighted by molar-refractivity contribution is 9.10. The molecule has 166 valence electrons. The van der Waals surface area contributed by atoms with Crippen molar-refractivity contribution in [3.05, 3.63) is 94.5 Å². The average Bonchev–Trinajstić information content (AvgIpc) is 2.82. The number of anilines is 1. The lowest BCUT2D eigenvalue weighted by Crippen LogP contribution is -2.48. The number of ether oxygens (including phenoxy) is 1. The number of carbonyl (C=O) groups excluding carboxylic acids is 2. The summed E-state index contributed by atoms with van der Waals surface area (Å²) < 4.78 is 5.95. The molecule has 0 aliphatic rings. The van der Waals surface area contributed by atoms with E-state index in [1.54, 1.807) is 25.3 Å². The molecule has 3 aromatic rings. The first kappa shape index (κ1) is 23.3. The summed E-state index contributed by atoms with van der Waals surface area (Å²) in [4.78, 5) is 25.6. The van der Waals surface area contributed by atoms with Crippen LogP contribution in [0.5, 0.6) is 5.75 Å². The predicted molar refractivity (Wildman–Crippen MR) is 130 cm³/mol. The van der Waals surface area contributed by atoms with Gasteiger partial charge in [0, 0.05) is 35.2 Å². The van der Waals surface area contributed by atoms with E-state index in [4.69, 9.17) is 4.74 Å². The summed E-state index contributed by atoms with van der Waals surface area (Å²) in [6, 6.07) is 23.6. The minimum absolute atomic E-state index is 0.228. The van der Waals surface area contributed by atoms with Crippen LogP contribution in [0.25, 0.3) is 0 Å². The molecule has 0 fully saturated rings.